The average Bonchev–Trinajstić information content (AvgIpc) is 2.37. The third kappa shape index (κ3) is 3.29. The summed E-state index contributed by atoms with van der Waals surface area (Å²) in [5, 5.41) is 6.37. The van der Waals surface area contributed by atoms with Crippen molar-refractivity contribution in [1.29, 1.82) is 0 Å². The van der Waals surface area contributed by atoms with E-state index < -0.39 is 5.82 Å². The van der Waals surface area contributed by atoms with Crippen LogP contribution in [0.5, 0.6) is 0 Å². The zero-order valence-electron chi connectivity index (χ0n) is 9.77. The van der Waals surface area contributed by atoms with Crippen molar-refractivity contribution in [2.45, 2.75) is 0 Å². The Morgan fingerprint density at radius 3 is 2.53 bits per heavy atom. The molecule has 0 unspecified atom stereocenters. The van der Waals surface area contributed by atoms with Crippen molar-refractivity contribution in [2.24, 2.45) is 0 Å². The van der Waals surface area contributed by atoms with Crippen LogP contribution in [0.25, 0.3) is 0 Å². The van der Waals surface area contributed by atoms with Gasteiger partial charge in [0, 0.05) is 11.5 Å². The molecule has 0 aliphatic heterocycles. The largest absolute Gasteiger partial charge is 0.372 e. The second-order valence-electron chi connectivity index (χ2n) is 3.65. The Hall–Kier alpha value is -1.04. The molecule has 0 radical (unpaired) electrons. The summed E-state index contributed by atoms with van der Waals surface area (Å²) < 4.78 is 14.4. The van der Waals surface area contributed by atoms with Crippen molar-refractivity contribution in [3.63, 3.8) is 0 Å². The normalized spacial score (nSPS) is 10.4. The maximum absolute atomic E-state index is 13.7. The molecule has 0 saturated carbocycles. The maximum atomic E-state index is 13.7. The van der Waals surface area contributed by atoms with Gasteiger partial charge in [-0.05, 0) is 24.3 Å². The minimum Gasteiger partial charge on any atom is -0.372 e. The standard InChI is InChI=1S/C12H9BrCl2FN3/c1-17-11-7(14)5-8(15)12(19-11)18-10-4-6(13)2-3-9(10)16/h2-5H,1H3,(H2,17,18,19). The first-order valence-electron chi connectivity index (χ1n) is 5.27. The first kappa shape index (κ1) is 14.4. The van der Waals surface area contributed by atoms with E-state index in [4.69, 9.17) is 23.2 Å². The van der Waals surface area contributed by atoms with E-state index in [2.05, 4.69) is 31.5 Å². The van der Waals surface area contributed by atoms with Gasteiger partial charge in [0.2, 0.25) is 0 Å². The van der Waals surface area contributed by atoms with Gasteiger partial charge in [-0.25, -0.2) is 9.37 Å². The van der Waals surface area contributed by atoms with E-state index in [1.54, 1.807) is 25.2 Å². The SMILES string of the molecule is CNc1nc(Nc2cc(Br)ccc2F)c(Cl)cc1Cl. The molecule has 1 aromatic heterocycles. The fourth-order valence-corrected chi connectivity index (χ4v) is 2.31. The predicted molar refractivity (Wildman–Crippen MR) is 81.2 cm³/mol. The van der Waals surface area contributed by atoms with Gasteiger partial charge >= 0.3 is 0 Å². The van der Waals surface area contributed by atoms with E-state index in [1.165, 1.54) is 6.07 Å². The highest BCUT2D eigenvalue weighted by molar-refractivity contribution is 9.10. The van der Waals surface area contributed by atoms with Crippen LogP contribution in [-0.2, 0) is 0 Å². The van der Waals surface area contributed by atoms with Gasteiger partial charge in [-0.15, -0.1) is 0 Å². The van der Waals surface area contributed by atoms with E-state index in [9.17, 15) is 4.39 Å². The summed E-state index contributed by atoms with van der Waals surface area (Å²) in [6, 6.07) is 6.09. The lowest BCUT2D eigenvalue weighted by Gasteiger charge is -2.11. The van der Waals surface area contributed by atoms with E-state index in [-0.39, 0.29) is 5.69 Å². The highest BCUT2D eigenvalue weighted by Gasteiger charge is 2.11. The predicted octanol–water partition coefficient (Wildman–Crippen LogP) is 5.08. The number of halogens is 4. The molecule has 7 heteroatoms. The number of hydrogen-bond acceptors (Lipinski definition) is 3. The van der Waals surface area contributed by atoms with Gasteiger partial charge in [-0.1, -0.05) is 39.1 Å². The van der Waals surface area contributed by atoms with Crippen molar-refractivity contribution in [3.8, 4) is 0 Å². The third-order valence-electron chi connectivity index (χ3n) is 2.35. The van der Waals surface area contributed by atoms with E-state index in [0.717, 1.165) is 4.47 Å². The second kappa shape index (κ2) is 5.94. The van der Waals surface area contributed by atoms with Crippen molar-refractivity contribution in [3.05, 3.63) is 44.6 Å². The van der Waals surface area contributed by atoms with Gasteiger partial charge in [0.05, 0.1) is 15.7 Å². The maximum Gasteiger partial charge on any atom is 0.151 e. The molecule has 2 N–H and O–H groups in total. The minimum atomic E-state index is -0.401. The number of aromatic nitrogens is 1. The highest BCUT2D eigenvalue weighted by atomic mass is 79.9. The Bertz CT molecular complexity index is 622. The molecule has 0 atom stereocenters. The lowest BCUT2D eigenvalue weighted by atomic mass is 10.3. The Morgan fingerprint density at radius 1 is 1.16 bits per heavy atom. The van der Waals surface area contributed by atoms with Gasteiger partial charge in [0.1, 0.15) is 11.6 Å². The van der Waals surface area contributed by atoms with Crippen molar-refractivity contribution >= 4 is 56.5 Å². The highest BCUT2D eigenvalue weighted by Crippen LogP contribution is 2.32. The number of nitrogens with zero attached hydrogens (tertiary/aromatic N) is 1. The molecule has 0 aliphatic rings. The molecule has 3 nitrogen and oxygen atoms in total. The molecule has 19 heavy (non-hydrogen) atoms. The van der Waals surface area contributed by atoms with Crippen LogP contribution in [0.1, 0.15) is 0 Å². The summed E-state index contributed by atoms with van der Waals surface area (Å²) in [6.45, 7) is 0. The monoisotopic (exact) mass is 363 g/mol. The number of pyridine rings is 1. The average molecular weight is 365 g/mol. The molecule has 1 heterocycles. The van der Waals surface area contributed by atoms with Gasteiger partial charge in [-0.2, -0.15) is 0 Å². The lowest BCUT2D eigenvalue weighted by molar-refractivity contribution is 0.631. The summed E-state index contributed by atoms with van der Waals surface area (Å²) in [4.78, 5) is 4.19. The summed E-state index contributed by atoms with van der Waals surface area (Å²) in [5.74, 6) is 0.387. The van der Waals surface area contributed by atoms with Crippen LogP contribution >= 0.6 is 39.1 Å². The van der Waals surface area contributed by atoms with Crippen LogP contribution in [0, 0.1) is 5.82 Å². The quantitative estimate of drug-likeness (QED) is 0.797. The number of hydrogen-bond donors (Lipinski definition) is 2. The molecule has 2 aromatic rings. The summed E-state index contributed by atoms with van der Waals surface area (Å²) in [7, 11) is 1.69. The van der Waals surface area contributed by atoms with Gasteiger partial charge in [0.15, 0.2) is 5.82 Å². The zero-order valence-corrected chi connectivity index (χ0v) is 12.9. The van der Waals surface area contributed by atoms with Crippen molar-refractivity contribution in [1.82, 2.24) is 4.98 Å². The zero-order chi connectivity index (χ0) is 14.0. The summed E-state index contributed by atoms with van der Waals surface area (Å²) in [5.41, 5.74) is 0.271. The summed E-state index contributed by atoms with van der Waals surface area (Å²) in [6.07, 6.45) is 0. The van der Waals surface area contributed by atoms with Crippen LogP contribution < -0.4 is 10.6 Å². The molecule has 0 aliphatic carbocycles. The lowest BCUT2D eigenvalue weighted by Crippen LogP contribution is -2.01. The smallest absolute Gasteiger partial charge is 0.151 e. The Labute approximate surface area is 128 Å². The van der Waals surface area contributed by atoms with Crippen LogP contribution in [0.3, 0.4) is 0 Å². The Balaban J connectivity index is 2.40. The number of anilines is 3. The molecule has 0 bridgehead atoms. The molecule has 0 fully saturated rings. The van der Waals surface area contributed by atoms with Crippen LogP contribution in [-0.4, -0.2) is 12.0 Å². The molecule has 0 amide bonds. The summed E-state index contributed by atoms with van der Waals surface area (Å²) >= 11 is 15.2. The molecule has 0 spiro atoms. The molecule has 100 valence electrons. The fourth-order valence-electron chi connectivity index (χ4n) is 1.45. The van der Waals surface area contributed by atoms with E-state index >= 15 is 0 Å². The molecule has 2 rings (SSSR count). The molecular weight excluding hydrogens is 356 g/mol. The van der Waals surface area contributed by atoms with Crippen LogP contribution in [0.2, 0.25) is 10.0 Å². The van der Waals surface area contributed by atoms with Crippen LogP contribution in [0.15, 0.2) is 28.7 Å². The number of rotatable bonds is 3. The second-order valence-corrected chi connectivity index (χ2v) is 5.38. The van der Waals surface area contributed by atoms with Gasteiger partial charge in [0.25, 0.3) is 0 Å². The van der Waals surface area contributed by atoms with Crippen LogP contribution in [0.4, 0.5) is 21.7 Å². The first-order valence-corrected chi connectivity index (χ1v) is 6.82. The fraction of sp³-hybridized carbons (Fsp3) is 0.0833. The minimum absolute atomic E-state index is 0.271. The number of benzene rings is 1. The van der Waals surface area contributed by atoms with Crippen molar-refractivity contribution in [2.75, 3.05) is 17.7 Å². The van der Waals surface area contributed by atoms with Gasteiger partial charge < -0.3 is 10.6 Å². The Kier molecular flexibility index (Phi) is 4.50. The first-order chi connectivity index (χ1) is 9.01. The third-order valence-corrected chi connectivity index (χ3v) is 3.42. The topological polar surface area (TPSA) is 37.0 Å². The van der Waals surface area contributed by atoms with Crippen molar-refractivity contribution < 1.29 is 4.39 Å². The van der Waals surface area contributed by atoms with E-state index in [0.29, 0.717) is 21.7 Å². The molecular formula is C12H9BrCl2FN3. The molecule has 0 saturated heterocycles. The Morgan fingerprint density at radius 2 is 1.84 bits per heavy atom. The molecule has 1 aromatic carbocycles. The number of nitrogens with one attached hydrogen (secondary N) is 2. The van der Waals surface area contributed by atoms with E-state index in [1.807, 2.05) is 0 Å². The van der Waals surface area contributed by atoms with Gasteiger partial charge in [-0.3, -0.25) is 0 Å².